The third-order valence-corrected chi connectivity index (χ3v) is 2.54. The second-order valence-electron chi connectivity index (χ2n) is 2.68. The van der Waals surface area contributed by atoms with Gasteiger partial charge in [0.25, 0.3) is 0 Å². The SMILES string of the molecule is CCC(CC#N)CS(C)(F)F. The van der Waals surface area contributed by atoms with E-state index in [0.717, 1.165) is 6.26 Å². The lowest BCUT2D eigenvalue weighted by Crippen LogP contribution is -2.06. The highest BCUT2D eigenvalue weighted by atomic mass is 32.3. The molecule has 1 atom stereocenters. The van der Waals surface area contributed by atoms with Gasteiger partial charge in [-0.15, -0.1) is 0 Å². The monoisotopic (exact) mass is 181 g/mol. The van der Waals surface area contributed by atoms with Crippen LogP contribution >= 0.6 is 10.8 Å². The van der Waals surface area contributed by atoms with Gasteiger partial charge in [-0.1, -0.05) is 13.3 Å². The molecule has 1 unspecified atom stereocenters. The Kier molecular flexibility index (Phi) is 4.43. The summed E-state index contributed by atoms with van der Waals surface area (Å²) in [4.78, 5) is 0. The molecule has 0 rings (SSSR count). The highest BCUT2D eigenvalue weighted by Gasteiger charge is 2.20. The van der Waals surface area contributed by atoms with Crippen LogP contribution in [0.4, 0.5) is 7.77 Å². The lowest BCUT2D eigenvalue weighted by Gasteiger charge is -2.19. The summed E-state index contributed by atoms with van der Waals surface area (Å²) in [6.45, 7) is 1.84. The molecule has 0 heterocycles. The number of rotatable bonds is 4. The largest absolute Gasteiger partial charge is 0.198 e. The van der Waals surface area contributed by atoms with Crippen LogP contribution < -0.4 is 0 Å². The quantitative estimate of drug-likeness (QED) is 0.653. The van der Waals surface area contributed by atoms with Crippen molar-refractivity contribution in [3.05, 3.63) is 0 Å². The third-order valence-electron chi connectivity index (χ3n) is 1.49. The van der Waals surface area contributed by atoms with E-state index < -0.39 is 10.8 Å². The summed E-state index contributed by atoms with van der Waals surface area (Å²) < 4.78 is 24.9. The zero-order valence-electron chi connectivity index (χ0n) is 6.81. The molecule has 0 N–H and O–H groups in total. The van der Waals surface area contributed by atoms with Gasteiger partial charge >= 0.3 is 0 Å². The molecule has 4 heteroatoms. The van der Waals surface area contributed by atoms with Crippen LogP contribution in [0.15, 0.2) is 0 Å². The molecule has 0 amide bonds. The first-order valence-electron chi connectivity index (χ1n) is 3.51. The molecular formula is C7H13F2NS. The first-order valence-corrected chi connectivity index (χ1v) is 5.53. The van der Waals surface area contributed by atoms with Crippen LogP contribution in [0.25, 0.3) is 0 Å². The number of nitriles is 1. The molecule has 0 aliphatic rings. The van der Waals surface area contributed by atoms with Crippen LogP contribution in [0.1, 0.15) is 19.8 Å². The van der Waals surface area contributed by atoms with Crippen molar-refractivity contribution in [3.8, 4) is 6.07 Å². The number of hydrogen-bond donors (Lipinski definition) is 0. The topological polar surface area (TPSA) is 23.8 Å². The van der Waals surface area contributed by atoms with Gasteiger partial charge in [0.2, 0.25) is 0 Å². The van der Waals surface area contributed by atoms with E-state index >= 15 is 0 Å². The summed E-state index contributed by atoms with van der Waals surface area (Å²) >= 11 is 0. The average Bonchev–Trinajstić information content (AvgIpc) is 1.84. The maximum absolute atomic E-state index is 12.5. The lowest BCUT2D eigenvalue weighted by atomic mass is 10.1. The Hall–Kier alpha value is -0.300. The zero-order chi connectivity index (χ0) is 8.91. The molecule has 0 aromatic rings. The summed E-state index contributed by atoms with van der Waals surface area (Å²) in [7, 11) is -3.41. The van der Waals surface area contributed by atoms with Gasteiger partial charge in [-0.05, 0) is 5.92 Å². The molecule has 66 valence electrons. The van der Waals surface area contributed by atoms with Crippen molar-refractivity contribution in [2.24, 2.45) is 5.92 Å². The van der Waals surface area contributed by atoms with Gasteiger partial charge in [-0.2, -0.15) is 13.0 Å². The molecule has 0 aliphatic heterocycles. The van der Waals surface area contributed by atoms with Gasteiger partial charge in [0.05, 0.1) is 16.9 Å². The number of nitrogens with zero attached hydrogens (tertiary/aromatic N) is 1. The standard InChI is InChI=1S/C7H13F2NS/c1-3-7(4-5-10)6-11(2,8)9/h7H,3-4,6H2,1-2H3. The Bertz CT molecular complexity index is 148. The summed E-state index contributed by atoms with van der Waals surface area (Å²) in [6.07, 6.45) is 1.91. The highest BCUT2D eigenvalue weighted by molar-refractivity contribution is 8.24. The fourth-order valence-corrected chi connectivity index (χ4v) is 2.05. The molecule has 0 radical (unpaired) electrons. The maximum Gasteiger partial charge on any atom is 0.0624 e. The molecule has 11 heavy (non-hydrogen) atoms. The van der Waals surface area contributed by atoms with E-state index in [1.54, 1.807) is 0 Å². The molecule has 0 bridgehead atoms. The van der Waals surface area contributed by atoms with E-state index in [1.807, 2.05) is 13.0 Å². The van der Waals surface area contributed by atoms with Crippen molar-refractivity contribution in [2.45, 2.75) is 19.8 Å². The van der Waals surface area contributed by atoms with Crippen LogP contribution in [0.5, 0.6) is 0 Å². The van der Waals surface area contributed by atoms with E-state index in [0.29, 0.717) is 6.42 Å². The van der Waals surface area contributed by atoms with Crippen molar-refractivity contribution < 1.29 is 7.77 Å². The van der Waals surface area contributed by atoms with Gasteiger partial charge in [-0.3, -0.25) is 0 Å². The summed E-state index contributed by atoms with van der Waals surface area (Å²) in [5, 5.41) is 8.28. The molecule has 0 spiro atoms. The second kappa shape index (κ2) is 4.55. The normalized spacial score (nSPS) is 15.5. The first kappa shape index (κ1) is 10.7. The van der Waals surface area contributed by atoms with Gasteiger partial charge in [-0.25, -0.2) is 0 Å². The van der Waals surface area contributed by atoms with Crippen molar-refractivity contribution in [1.29, 1.82) is 5.26 Å². The van der Waals surface area contributed by atoms with Crippen LogP contribution in [0.2, 0.25) is 0 Å². The predicted octanol–water partition coefficient (Wildman–Crippen LogP) is 3.13. The van der Waals surface area contributed by atoms with Gasteiger partial charge in [0.1, 0.15) is 0 Å². The summed E-state index contributed by atoms with van der Waals surface area (Å²) in [6, 6.07) is 1.92. The summed E-state index contributed by atoms with van der Waals surface area (Å²) in [5.41, 5.74) is 0. The van der Waals surface area contributed by atoms with Crippen molar-refractivity contribution in [2.75, 3.05) is 12.0 Å². The zero-order valence-corrected chi connectivity index (χ0v) is 7.63. The highest BCUT2D eigenvalue weighted by Crippen LogP contribution is 2.49. The molecule has 0 saturated heterocycles. The molecule has 1 nitrogen and oxygen atoms in total. The van der Waals surface area contributed by atoms with Crippen molar-refractivity contribution >= 4 is 10.8 Å². The van der Waals surface area contributed by atoms with Gasteiger partial charge in [0.15, 0.2) is 0 Å². The first-order chi connectivity index (χ1) is 4.99. The Balaban J connectivity index is 3.80. The third kappa shape index (κ3) is 6.11. The van der Waals surface area contributed by atoms with Crippen molar-refractivity contribution in [1.82, 2.24) is 0 Å². The van der Waals surface area contributed by atoms with Crippen LogP contribution in [0.3, 0.4) is 0 Å². The minimum absolute atomic E-state index is 0.0862. The van der Waals surface area contributed by atoms with E-state index in [4.69, 9.17) is 5.26 Å². The fourth-order valence-electron chi connectivity index (χ4n) is 0.864. The smallest absolute Gasteiger partial charge is 0.0624 e. The van der Waals surface area contributed by atoms with Crippen molar-refractivity contribution in [3.63, 3.8) is 0 Å². The molecule has 0 aromatic heterocycles. The minimum atomic E-state index is -3.41. The van der Waals surface area contributed by atoms with Crippen LogP contribution in [-0.4, -0.2) is 12.0 Å². The van der Waals surface area contributed by atoms with Crippen LogP contribution in [-0.2, 0) is 0 Å². The Morgan fingerprint density at radius 1 is 1.55 bits per heavy atom. The Morgan fingerprint density at radius 3 is 2.36 bits per heavy atom. The molecule has 0 saturated carbocycles. The molecule has 0 aliphatic carbocycles. The second-order valence-corrected chi connectivity index (χ2v) is 4.76. The number of hydrogen-bond acceptors (Lipinski definition) is 1. The van der Waals surface area contributed by atoms with E-state index in [1.165, 1.54) is 0 Å². The van der Waals surface area contributed by atoms with E-state index in [2.05, 4.69) is 0 Å². The Labute approximate surface area is 68.3 Å². The number of halogens is 2. The molecule has 0 aromatic carbocycles. The van der Waals surface area contributed by atoms with Gasteiger partial charge in [0, 0.05) is 18.4 Å². The van der Waals surface area contributed by atoms with E-state index in [9.17, 15) is 7.77 Å². The predicted molar refractivity (Wildman–Crippen MR) is 44.6 cm³/mol. The Morgan fingerprint density at radius 2 is 2.09 bits per heavy atom. The average molecular weight is 181 g/mol. The maximum atomic E-state index is 12.5. The van der Waals surface area contributed by atoms with Crippen LogP contribution in [0, 0.1) is 17.2 Å². The minimum Gasteiger partial charge on any atom is -0.198 e. The summed E-state index contributed by atoms with van der Waals surface area (Å²) in [5.74, 6) is -0.202. The fraction of sp³-hybridized carbons (Fsp3) is 0.857. The molecule has 0 fully saturated rings. The lowest BCUT2D eigenvalue weighted by molar-refractivity contribution is 0.566. The molecular weight excluding hydrogens is 168 g/mol. The van der Waals surface area contributed by atoms with E-state index in [-0.39, 0.29) is 18.1 Å². The van der Waals surface area contributed by atoms with Gasteiger partial charge < -0.3 is 0 Å².